The number of benzene rings is 1. The molecule has 0 fully saturated rings. The van der Waals surface area contributed by atoms with Crippen molar-refractivity contribution >= 4 is 27.7 Å². The molecule has 1 aromatic carbocycles. The first-order valence-corrected chi connectivity index (χ1v) is 7.67. The second-order valence-corrected chi connectivity index (χ2v) is 6.22. The lowest BCUT2D eigenvalue weighted by molar-refractivity contribution is 0.296. The Morgan fingerprint density at radius 2 is 2.18 bits per heavy atom. The van der Waals surface area contributed by atoms with E-state index in [1.807, 2.05) is 0 Å². The first-order chi connectivity index (χ1) is 8.13. The van der Waals surface area contributed by atoms with E-state index in [-0.39, 0.29) is 6.61 Å². The van der Waals surface area contributed by atoms with Gasteiger partial charge < -0.3 is 10.4 Å². The summed E-state index contributed by atoms with van der Waals surface area (Å²) in [5.74, 6) is 0.957. The maximum Gasteiger partial charge on any atom is 0.0439 e. The Balaban J connectivity index is 2.53. The molecule has 17 heavy (non-hydrogen) atoms. The molecule has 0 aliphatic carbocycles. The summed E-state index contributed by atoms with van der Waals surface area (Å²) >= 11 is 5.37. The molecule has 0 saturated heterocycles. The first kappa shape index (κ1) is 15.0. The van der Waals surface area contributed by atoms with Crippen LogP contribution in [0.5, 0.6) is 0 Å². The van der Waals surface area contributed by atoms with Crippen molar-refractivity contribution in [2.45, 2.75) is 37.8 Å². The summed E-state index contributed by atoms with van der Waals surface area (Å²) < 4.78 is 1.14. The monoisotopic (exact) mass is 317 g/mol. The molecule has 0 unspecified atom stereocenters. The highest BCUT2D eigenvalue weighted by atomic mass is 79.9. The average Bonchev–Trinajstić information content (AvgIpc) is 2.29. The molecule has 0 amide bonds. The second kappa shape index (κ2) is 8.14. The first-order valence-electron chi connectivity index (χ1n) is 5.89. The molecule has 0 aliphatic rings. The third kappa shape index (κ3) is 5.91. The van der Waals surface area contributed by atoms with Gasteiger partial charge in [-0.1, -0.05) is 19.9 Å². The molecular formula is C13H20BrNOS. The van der Waals surface area contributed by atoms with Crippen LogP contribution in [0.15, 0.2) is 27.6 Å². The summed E-state index contributed by atoms with van der Waals surface area (Å²) in [5.41, 5.74) is 1.29. The third-order valence-electron chi connectivity index (χ3n) is 2.27. The zero-order valence-corrected chi connectivity index (χ0v) is 12.8. The minimum atomic E-state index is 0.265. The zero-order valence-electron chi connectivity index (χ0n) is 10.4. The van der Waals surface area contributed by atoms with Crippen molar-refractivity contribution in [1.29, 1.82) is 0 Å². The lowest BCUT2D eigenvalue weighted by atomic mass is 10.2. The Morgan fingerprint density at radius 3 is 2.76 bits per heavy atom. The maximum atomic E-state index is 8.75. The number of hydrogen-bond acceptors (Lipinski definition) is 3. The van der Waals surface area contributed by atoms with Gasteiger partial charge in [-0.05, 0) is 40.0 Å². The molecule has 0 atom stereocenters. The van der Waals surface area contributed by atoms with Crippen molar-refractivity contribution in [3.05, 3.63) is 28.2 Å². The fourth-order valence-electron chi connectivity index (χ4n) is 1.34. The molecule has 4 heteroatoms. The van der Waals surface area contributed by atoms with E-state index >= 15 is 0 Å². The summed E-state index contributed by atoms with van der Waals surface area (Å²) in [5, 5.41) is 12.1. The number of aliphatic hydroxyl groups is 1. The van der Waals surface area contributed by atoms with Gasteiger partial charge in [0.25, 0.3) is 0 Å². The van der Waals surface area contributed by atoms with E-state index in [9.17, 15) is 0 Å². The molecule has 0 spiro atoms. The van der Waals surface area contributed by atoms with Crippen molar-refractivity contribution in [1.82, 2.24) is 5.32 Å². The van der Waals surface area contributed by atoms with Gasteiger partial charge >= 0.3 is 0 Å². The third-order valence-corrected chi connectivity index (χ3v) is 4.35. The van der Waals surface area contributed by atoms with Crippen LogP contribution in [0.25, 0.3) is 0 Å². The van der Waals surface area contributed by atoms with Gasteiger partial charge in [-0.2, -0.15) is 0 Å². The Bertz CT molecular complexity index is 344. The Labute approximate surface area is 116 Å². The smallest absolute Gasteiger partial charge is 0.0439 e. The molecule has 0 aromatic heterocycles. The van der Waals surface area contributed by atoms with E-state index in [0.29, 0.717) is 6.04 Å². The largest absolute Gasteiger partial charge is 0.396 e. The lowest BCUT2D eigenvalue weighted by Gasteiger charge is -2.10. The van der Waals surface area contributed by atoms with Crippen molar-refractivity contribution < 1.29 is 5.11 Å². The standard InChI is InChI=1S/C13H20BrNOS/c1-10(2)15-9-11-4-5-13(12(14)8-11)17-7-3-6-16/h4-5,8,10,15-16H,3,6-7,9H2,1-2H3. The van der Waals surface area contributed by atoms with Gasteiger partial charge in [0, 0.05) is 34.3 Å². The van der Waals surface area contributed by atoms with Crippen molar-refractivity contribution in [2.24, 2.45) is 0 Å². The average molecular weight is 318 g/mol. The van der Waals surface area contributed by atoms with Gasteiger partial charge in [0.05, 0.1) is 0 Å². The molecule has 0 saturated carbocycles. The van der Waals surface area contributed by atoms with E-state index in [1.165, 1.54) is 10.5 Å². The van der Waals surface area contributed by atoms with Crippen LogP contribution in [0.2, 0.25) is 0 Å². The number of hydrogen-bond donors (Lipinski definition) is 2. The van der Waals surface area contributed by atoms with Gasteiger partial charge in [0.2, 0.25) is 0 Å². The number of halogens is 1. The van der Waals surface area contributed by atoms with E-state index in [4.69, 9.17) is 5.11 Å². The van der Waals surface area contributed by atoms with Gasteiger partial charge in [-0.25, -0.2) is 0 Å². The van der Waals surface area contributed by atoms with Crippen LogP contribution >= 0.6 is 27.7 Å². The van der Waals surface area contributed by atoms with E-state index in [0.717, 1.165) is 23.2 Å². The zero-order chi connectivity index (χ0) is 12.7. The van der Waals surface area contributed by atoms with Gasteiger partial charge in [0.1, 0.15) is 0 Å². The minimum Gasteiger partial charge on any atom is -0.396 e. The molecule has 0 radical (unpaired) electrons. The predicted octanol–water partition coefficient (Wildman–Crippen LogP) is 3.42. The van der Waals surface area contributed by atoms with E-state index in [2.05, 4.69) is 53.3 Å². The Morgan fingerprint density at radius 1 is 1.41 bits per heavy atom. The number of thioether (sulfide) groups is 1. The molecule has 2 nitrogen and oxygen atoms in total. The number of rotatable bonds is 7. The van der Waals surface area contributed by atoms with Crippen LogP contribution in [0.4, 0.5) is 0 Å². The molecule has 0 heterocycles. The topological polar surface area (TPSA) is 32.3 Å². The molecule has 1 aromatic rings. The molecular weight excluding hydrogens is 298 g/mol. The summed E-state index contributed by atoms with van der Waals surface area (Å²) in [7, 11) is 0. The van der Waals surface area contributed by atoms with Crippen LogP contribution in [-0.2, 0) is 6.54 Å². The highest BCUT2D eigenvalue weighted by molar-refractivity contribution is 9.10. The van der Waals surface area contributed by atoms with E-state index < -0.39 is 0 Å². The van der Waals surface area contributed by atoms with Crippen LogP contribution < -0.4 is 5.32 Å². The van der Waals surface area contributed by atoms with Gasteiger partial charge in [0.15, 0.2) is 0 Å². The van der Waals surface area contributed by atoms with Crippen LogP contribution in [0.1, 0.15) is 25.8 Å². The molecule has 0 bridgehead atoms. The molecule has 96 valence electrons. The van der Waals surface area contributed by atoms with Crippen LogP contribution in [-0.4, -0.2) is 23.5 Å². The fourth-order valence-corrected chi connectivity index (χ4v) is 2.96. The van der Waals surface area contributed by atoms with Crippen LogP contribution in [0.3, 0.4) is 0 Å². The summed E-state index contributed by atoms with van der Waals surface area (Å²) in [6.07, 6.45) is 0.841. The highest BCUT2D eigenvalue weighted by Crippen LogP contribution is 2.28. The summed E-state index contributed by atoms with van der Waals surface area (Å²) in [6, 6.07) is 6.97. The van der Waals surface area contributed by atoms with E-state index in [1.54, 1.807) is 11.8 Å². The number of nitrogens with one attached hydrogen (secondary N) is 1. The highest BCUT2D eigenvalue weighted by Gasteiger charge is 2.02. The summed E-state index contributed by atoms with van der Waals surface area (Å²) in [4.78, 5) is 1.24. The van der Waals surface area contributed by atoms with Gasteiger partial charge in [-0.3, -0.25) is 0 Å². The van der Waals surface area contributed by atoms with Gasteiger partial charge in [-0.15, -0.1) is 11.8 Å². The molecule has 1 rings (SSSR count). The summed E-state index contributed by atoms with van der Waals surface area (Å²) in [6.45, 7) is 5.46. The van der Waals surface area contributed by atoms with Crippen LogP contribution in [0, 0.1) is 0 Å². The maximum absolute atomic E-state index is 8.75. The quantitative estimate of drug-likeness (QED) is 0.597. The normalized spacial score (nSPS) is 11.1. The Hall–Kier alpha value is -0.0300. The molecule has 0 aliphatic heterocycles. The predicted molar refractivity (Wildman–Crippen MR) is 78.5 cm³/mol. The lowest BCUT2D eigenvalue weighted by Crippen LogP contribution is -2.21. The SMILES string of the molecule is CC(C)NCc1ccc(SCCCO)c(Br)c1. The Kier molecular flexibility index (Phi) is 7.19. The van der Waals surface area contributed by atoms with Crippen molar-refractivity contribution in [3.63, 3.8) is 0 Å². The minimum absolute atomic E-state index is 0.265. The van der Waals surface area contributed by atoms with Crippen molar-refractivity contribution in [2.75, 3.05) is 12.4 Å². The second-order valence-electron chi connectivity index (χ2n) is 4.23. The number of aliphatic hydroxyl groups excluding tert-OH is 1. The fraction of sp³-hybridized carbons (Fsp3) is 0.538. The van der Waals surface area contributed by atoms with Crippen molar-refractivity contribution in [3.8, 4) is 0 Å². The molecule has 2 N–H and O–H groups in total.